The van der Waals surface area contributed by atoms with E-state index in [4.69, 9.17) is 9.47 Å². The number of rotatable bonds is 3. The zero-order valence-corrected chi connectivity index (χ0v) is 8.74. The summed E-state index contributed by atoms with van der Waals surface area (Å²) >= 11 is 0. The Balaban J connectivity index is 2.14. The Kier molecular flexibility index (Phi) is 3.09. The first-order valence-electron chi connectivity index (χ1n) is 4.92. The first-order valence-corrected chi connectivity index (χ1v) is 4.92. The van der Waals surface area contributed by atoms with Crippen molar-refractivity contribution in [3.05, 3.63) is 24.3 Å². The minimum absolute atomic E-state index is 0.321. The van der Waals surface area contributed by atoms with Crippen molar-refractivity contribution >= 4 is 12.4 Å². The average molecular weight is 221 g/mol. The van der Waals surface area contributed by atoms with Crippen LogP contribution in [0.5, 0.6) is 0 Å². The molecule has 2 unspecified atom stereocenters. The van der Waals surface area contributed by atoms with Crippen LogP contribution >= 0.6 is 0 Å². The van der Waals surface area contributed by atoms with Crippen LogP contribution in [0.2, 0.25) is 0 Å². The zero-order valence-electron chi connectivity index (χ0n) is 8.74. The third-order valence-corrected chi connectivity index (χ3v) is 2.14. The van der Waals surface area contributed by atoms with Crippen LogP contribution in [0.1, 0.15) is 18.7 Å². The Morgan fingerprint density at radius 1 is 1.62 bits per heavy atom. The lowest BCUT2D eigenvalue weighted by molar-refractivity contribution is -0.146. The molecule has 2 atom stereocenters. The third-order valence-electron chi connectivity index (χ3n) is 2.14. The highest BCUT2D eigenvalue weighted by atomic mass is 16.5. The van der Waals surface area contributed by atoms with Crippen LogP contribution in [0.3, 0.4) is 0 Å². The molecule has 0 saturated heterocycles. The number of carbonyl (C=O) groups is 1. The summed E-state index contributed by atoms with van der Waals surface area (Å²) in [5.41, 5.74) is 0.616. The van der Waals surface area contributed by atoms with Crippen molar-refractivity contribution in [1.82, 2.24) is 9.97 Å². The van der Waals surface area contributed by atoms with Gasteiger partial charge in [-0.25, -0.2) is 19.8 Å². The van der Waals surface area contributed by atoms with Crippen LogP contribution in [-0.4, -0.2) is 35.0 Å². The van der Waals surface area contributed by atoms with Crippen molar-refractivity contribution < 1.29 is 14.3 Å². The Bertz CT molecular complexity index is 394. The maximum Gasteiger partial charge on any atom is 0.335 e. The molecule has 0 fully saturated rings. The molecule has 1 aromatic rings. The van der Waals surface area contributed by atoms with Gasteiger partial charge < -0.3 is 9.47 Å². The smallest absolute Gasteiger partial charge is 0.335 e. The fraction of sp³-hybridized carbons (Fsp3) is 0.400. The number of carbonyl (C=O) groups excluding carboxylic acids is 1. The number of aromatic nitrogens is 2. The number of hydrogen-bond donors (Lipinski definition) is 0. The van der Waals surface area contributed by atoms with Gasteiger partial charge in [-0.3, -0.25) is 0 Å². The monoisotopic (exact) mass is 221 g/mol. The normalized spacial score (nSPS) is 22.8. The molecule has 1 aliphatic rings. The molecular weight excluding hydrogens is 210 g/mol. The predicted molar refractivity (Wildman–Crippen MR) is 54.8 cm³/mol. The predicted octanol–water partition coefficient (Wildman–Crippen LogP) is 0.508. The summed E-state index contributed by atoms with van der Waals surface area (Å²) in [4.78, 5) is 23.3. The van der Waals surface area contributed by atoms with Gasteiger partial charge in [-0.2, -0.15) is 0 Å². The molecule has 0 bridgehead atoms. The Morgan fingerprint density at radius 3 is 3.19 bits per heavy atom. The van der Waals surface area contributed by atoms with E-state index in [0.717, 1.165) is 0 Å². The summed E-state index contributed by atoms with van der Waals surface area (Å²) < 4.78 is 10.1. The van der Waals surface area contributed by atoms with Crippen molar-refractivity contribution in [3.63, 3.8) is 0 Å². The van der Waals surface area contributed by atoms with Gasteiger partial charge in [-0.15, -0.1) is 0 Å². The lowest BCUT2D eigenvalue weighted by atomic mass is 10.1. The molecule has 84 valence electrons. The second kappa shape index (κ2) is 4.69. The van der Waals surface area contributed by atoms with Crippen LogP contribution in [0, 0.1) is 0 Å². The van der Waals surface area contributed by atoms with E-state index in [1.54, 1.807) is 19.2 Å². The number of ether oxygens (including phenoxy) is 2. The van der Waals surface area contributed by atoms with Gasteiger partial charge in [0.15, 0.2) is 18.5 Å². The lowest BCUT2D eigenvalue weighted by Gasteiger charge is -2.14. The molecule has 2 rings (SSSR count). The molecule has 0 aromatic carbocycles. The lowest BCUT2D eigenvalue weighted by Crippen LogP contribution is -2.26. The molecule has 1 aromatic heterocycles. The highest BCUT2D eigenvalue weighted by Crippen LogP contribution is 2.25. The van der Waals surface area contributed by atoms with E-state index in [1.165, 1.54) is 12.7 Å². The van der Waals surface area contributed by atoms with E-state index >= 15 is 0 Å². The van der Waals surface area contributed by atoms with Crippen molar-refractivity contribution in [2.75, 3.05) is 6.61 Å². The quantitative estimate of drug-likeness (QED) is 0.695. The first kappa shape index (κ1) is 10.5. The minimum atomic E-state index is -0.671. The maximum absolute atomic E-state index is 11.6. The molecule has 2 heterocycles. The van der Waals surface area contributed by atoms with Crippen LogP contribution in [0.4, 0.5) is 0 Å². The molecule has 6 nitrogen and oxygen atoms in total. The van der Waals surface area contributed by atoms with Gasteiger partial charge in [0.05, 0.1) is 12.3 Å². The molecule has 0 radical (unpaired) electrons. The van der Waals surface area contributed by atoms with E-state index in [0.29, 0.717) is 12.3 Å². The van der Waals surface area contributed by atoms with Crippen molar-refractivity contribution in [3.8, 4) is 0 Å². The highest BCUT2D eigenvalue weighted by molar-refractivity contribution is 5.80. The van der Waals surface area contributed by atoms with E-state index < -0.39 is 18.1 Å². The number of aliphatic imine (C=N–C) groups is 1. The third kappa shape index (κ3) is 2.00. The van der Waals surface area contributed by atoms with Crippen LogP contribution < -0.4 is 0 Å². The van der Waals surface area contributed by atoms with Crippen molar-refractivity contribution in [2.24, 2.45) is 4.99 Å². The minimum Gasteiger partial charge on any atom is -0.471 e. The van der Waals surface area contributed by atoms with Gasteiger partial charge in [-0.05, 0) is 13.0 Å². The summed E-state index contributed by atoms with van der Waals surface area (Å²) in [6.45, 7) is 2.07. The van der Waals surface area contributed by atoms with Crippen molar-refractivity contribution in [1.29, 1.82) is 0 Å². The van der Waals surface area contributed by atoms with E-state index in [2.05, 4.69) is 15.0 Å². The molecule has 0 saturated carbocycles. The van der Waals surface area contributed by atoms with Crippen molar-refractivity contribution in [2.45, 2.75) is 19.1 Å². The standard InChI is InChI=1S/C10H11N3O3/c1-2-15-10(14)8-9(16-6-13-8)7-3-4-11-5-12-7/h3-6,8-9H,2H2,1H3. The summed E-state index contributed by atoms with van der Waals surface area (Å²) in [6.07, 6.45) is 3.74. The summed E-state index contributed by atoms with van der Waals surface area (Å²) in [6, 6.07) is 1.01. The maximum atomic E-state index is 11.6. The fourth-order valence-electron chi connectivity index (χ4n) is 1.43. The molecular formula is C10H11N3O3. The van der Waals surface area contributed by atoms with E-state index in [1.807, 2.05) is 0 Å². The first-order chi connectivity index (χ1) is 7.83. The Labute approximate surface area is 92.3 Å². The van der Waals surface area contributed by atoms with Gasteiger partial charge in [0.1, 0.15) is 6.33 Å². The topological polar surface area (TPSA) is 73.7 Å². The van der Waals surface area contributed by atoms with Gasteiger partial charge in [0, 0.05) is 6.20 Å². The highest BCUT2D eigenvalue weighted by Gasteiger charge is 2.35. The average Bonchev–Trinajstić information content (AvgIpc) is 2.79. The molecule has 0 amide bonds. The van der Waals surface area contributed by atoms with Crippen LogP contribution in [0.25, 0.3) is 0 Å². The van der Waals surface area contributed by atoms with Gasteiger partial charge in [0.25, 0.3) is 0 Å². The van der Waals surface area contributed by atoms with E-state index in [9.17, 15) is 4.79 Å². The molecule has 0 N–H and O–H groups in total. The molecule has 0 spiro atoms. The zero-order chi connectivity index (χ0) is 11.4. The summed E-state index contributed by atoms with van der Waals surface area (Å²) in [5.74, 6) is -0.403. The van der Waals surface area contributed by atoms with E-state index in [-0.39, 0.29) is 0 Å². The van der Waals surface area contributed by atoms with Crippen LogP contribution in [0.15, 0.2) is 23.6 Å². The van der Waals surface area contributed by atoms with Gasteiger partial charge in [0.2, 0.25) is 0 Å². The number of esters is 1. The molecule has 16 heavy (non-hydrogen) atoms. The number of nitrogens with zero attached hydrogens (tertiary/aromatic N) is 3. The second-order valence-electron chi connectivity index (χ2n) is 3.14. The SMILES string of the molecule is CCOC(=O)C1N=COC1c1ccncn1. The fourth-order valence-corrected chi connectivity index (χ4v) is 1.43. The summed E-state index contributed by atoms with van der Waals surface area (Å²) in [7, 11) is 0. The van der Waals surface area contributed by atoms with Gasteiger partial charge >= 0.3 is 5.97 Å². The number of hydrogen-bond acceptors (Lipinski definition) is 6. The van der Waals surface area contributed by atoms with Crippen LogP contribution in [-0.2, 0) is 14.3 Å². The second-order valence-corrected chi connectivity index (χ2v) is 3.14. The molecule has 1 aliphatic heterocycles. The summed E-state index contributed by atoms with van der Waals surface area (Å²) in [5, 5.41) is 0. The Hall–Kier alpha value is -1.98. The Morgan fingerprint density at radius 2 is 2.50 bits per heavy atom. The van der Waals surface area contributed by atoms with Gasteiger partial charge in [-0.1, -0.05) is 0 Å². The molecule has 0 aliphatic carbocycles. The largest absolute Gasteiger partial charge is 0.471 e. The molecule has 6 heteroatoms.